The molecule has 88 valence electrons. The average molecular weight is 292 g/mol. The van der Waals surface area contributed by atoms with Crippen molar-refractivity contribution in [3.05, 3.63) is 35.4 Å². The van der Waals surface area contributed by atoms with Gasteiger partial charge in [0.25, 0.3) is 5.91 Å². The summed E-state index contributed by atoms with van der Waals surface area (Å²) < 4.78 is 26.3. The van der Waals surface area contributed by atoms with Crippen molar-refractivity contribution in [3.8, 4) is 0 Å². The first-order valence-corrected chi connectivity index (χ1v) is 6.07. The van der Waals surface area contributed by atoms with E-state index in [2.05, 4.69) is 21.2 Å². The molecule has 1 N–H and O–H groups in total. The predicted molar refractivity (Wildman–Crippen MR) is 61.7 cm³/mol. The molecule has 2 nitrogen and oxygen atoms in total. The highest BCUT2D eigenvalue weighted by Crippen LogP contribution is 2.11. The van der Waals surface area contributed by atoms with E-state index in [1.807, 2.05) is 0 Å². The lowest BCUT2D eigenvalue weighted by atomic mass is 10.2. The predicted octanol–water partition coefficient (Wildman–Crippen LogP) is 2.87. The molecule has 0 aromatic heterocycles. The Kier molecular flexibility index (Phi) is 5.38. The van der Waals surface area contributed by atoms with Crippen LogP contribution in [0.25, 0.3) is 0 Å². The number of benzene rings is 1. The molecule has 5 heteroatoms. The zero-order valence-corrected chi connectivity index (χ0v) is 10.2. The number of carbonyl (C=O) groups excluding carboxylic acids is 1. The molecule has 0 saturated carbocycles. The summed E-state index contributed by atoms with van der Waals surface area (Å²) in [6.07, 6.45) is 1.67. The van der Waals surface area contributed by atoms with Gasteiger partial charge in [-0.1, -0.05) is 22.0 Å². The number of hydrogen-bond donors (Lipinski definition) is 1. The molecule has 0 fully saturated rings. The van der Waals surface area contributed by atoms with Gasteiger partial charge in [-0.2, -0.15) is 0 Å². The smallest absolute Gasteiger partial charge is 0.257 e. The highest BCUT2D eigenvalue weighted by Gasteiger charge is 2.15. The molecule has 1 rings (SSSR count). The highest BCUT2D eigenvalue weighted by molar-refractivity contribution is 9.09. The monoisotopic (exact) mass is 291 g/mol. The summed E-state index contributed by atoms with van der Waals surface area (Å²) in [4.78, 5) is 11.4. The van der Waals surface area contributed by atoms with Crippen LogP contribution in [0.5, 0.6) is 0 Å². The molecule has 0 heterocycles. The van der Waals surface area contributed by atoms with Crippen molar-refractivity contribution in [3.63, 3.8) is 0 Å². The van der Waals surface area contributed by atoms with Crippen molar-refractivity contribution in [2.45, 2.75) is 12.8 Å². The molecular weight excluding hydrogens is 280 g/mol. The Morgan fingerprint density at radius 2 is 1.88 bits per heavy atom. The Morgan fingerprint density at radius 3 is 2.44 bits per heavy atom. The topological polar surface area (TPSA) is 29.1 Å². The lowest BCUT2D eigenvalue weighted by molar-refractivity contribution is 0.0945. The second kappa shape index (κ2) is 6.58. The average Bonchev–Trinajstić information content (AvgIpc) is 2.24. The maximum Gasteiger partial charge on any atom is 0.257 e. The highest BCUT2D eigenvalue weighted by atomic mass is 79.9. The van der Waals surface area contributed by atoms with E-state index in [0.717, 1.165) is 30.3 Å². The fourth-order valence-electron chi connectivity index (χ4n) is 1.22. The number of amides is 1. The molecular formula is C11H12BrF2NO. The van der Waals surface area contributed by atoms with Crippen LogP contribution in [0.3, 0.4) is 0 Å². The molecule has 0 unspecified atom stereocenters. The van der Waals surface area contributed by atoms with Gasteiger partial charge in [-0.05, 0) is 25.0 Å². The summed E-state index contributed by atoms with van der Waals surface area (Å²) in [5.74, 6) is -2.37. The maximum atomic E-state index is 13.2. The van der Waals surface area contributed by atoms with Crippen molar-refractivity contribution in [2.24, 2.45) is 0 Å². The van der Waals surface area contributed by atoms with E-state index in [-0.39, 0.29) is 0 Å². The van der Waals surface area contributed by atoms with E-state index in [9.17, 15) is 13.6 Å². The summed E-state index contributed by atoms with van der Waals surface area (Å²) in [6, 6.07) is 3.36. The third-order valence-corrected chi connectivity index (χ3v) is 2.60. The number of rotatable bonds is 5. The number of alkyl halides is 1. The van der Waals surface area contributed by atoms with Crippen LogP contribution in [0, 0.1) is 11.6 Å². The lowest BCUT2D eigenvalue weighted by Gasteiger charge is -2.06. The van der Waals surface area contributed by atoms with Gasteiger partial charge >= 0.3 is 0 Å². The van der Waals surface area contributed by atoms with E-state index >= 15 is 0 Å². The molecule has 0 atom stereocenters. The molecule has 0 bridgehead atoms. The van der Waals surface area contributed by atoms with Crippen molar-refractivity contribution in [1.29, 1.82) is 0 Å². The van der Waals surface area contributed by atoms with Crippen molar-refractivity contribution < 1.29 is 13.6 Å². The standard InChI is InChI=1S/C11H12BrF2NO/c12-6-1-2-7-15-11(16)10-8(13)4-3-5-9(10)14/h3-5H,1-2,6-7H2,(H,15,16). The summed E-state index contributed by atoms with van der Waals surface area (Å²) >= 11 is 3.25. The molecule has 16 heavy (non-hydrogen) atoms. The van der Waals surface area contributed by atoms with Crippen LogP contribution in [-0.2, 0) is 0 Å². The molecule has 0 aliphatic heterocycles. The third-order valence-electron chi connectivity index (χ3n) is 2.04. The van der Waals surface area contributed by atoms with Gasteiger partial charge in [0.05, 0.1) is 0 Å². The Labute approximate surface area is 101 Å². The Hall–Kier alpha value is -0.970. The van der Waals surface area contributed by atoms with Crippen LogP contribution >= 0.6 is 15.9 Å². The first-order valence-electron chi connectivity index (χ1n) is 4.95. The van der Waals surface area contributed by atoms with E-state index in [0.29, 0.717) is 6.54 Å². The van der Waals surface area contributed by atoms with Crippen LogP contribution in [0.1, 0.15) is 23.2 Å². The normalized spacial score (nSPS) is 10.2. The summed E-state index contributed by atoms with van der Waals surface area (Å²) in [6.45, 7) is 0.415. The van der Waals surface area contributed by atoms with Gasteiger partial charge in [0.2, 0.25) is 0 Å². The van der Waals surface area contributed by atoms with Gasteiger partial charge < -0.3 is 5.32 Å². The molecule has 1 aromatic carbocycles. The SMILES string of the molecule is O=C(NCCCCBr)c1c(F)cccc1F. The Morgan fingerprint density at radius 1 is 1.25 bits per heavy atom. The van der Waals surface area contributed by atoms with E-state index in [4.69, 9.17) is 0 Å². The van der Waals surface area contributed by atoms with Gasteiger partial charge in [-0.25, -0.2) is 8.78 Å². The summed E-state index contributed by atoms with van der Waals surface area (Å²) in [7, 11) is 0. The zero-order chi connectivity index (χ0) is 12.0. The number of carbonyl (C=O) groups is 1. The zero-order valence-electron chi connectivity index (χ0n) is 8.60. The molecule has 0 saturated heterocycles. The van der Waals surface area contributed by atoms with Crippen LogP contribution in [0.15, 0.2) is 18.2 Å². The van der Waals surface area contributed by atoms with Crippen LogP contribution in [0.2, 0.25) is 0 Å². The Bertz CT molecular complexity index is 351. The quantitative estimate of drug-likeness (QED) is 0.656. The molecule has 1 aromatic rings. The first kappa shape index (κ1) is 13.1. The fraction of sp³-hybridized carbons (Fsp3) is 0.364. The molecule has 0 aliphatic carbocycles. The largest absolute Gasteiger partial charge is 0.352 e. The number of halogens is 3. The van der Waals surface area contributed by atoms with Gasteiger partial charge in [-0.15, -0.1) is 0 Å². The van der Waals surface area contributed by atoms with E-state index < -0.39 is 23.1 Å². The van der Waals surface area contributed by atoms with Crippen LogP contribution in [0.4, 0.5) is 8.78 Å². The second-order valence-corrected chi connectivity index (χ2v) is 4.04. The fourth-order valence-corrected chi connectivity index (χ4v) is 1.62. The lowest BCUT2D eigenvalue weighted by Crippen LogP contribution is -2.26. The minimum absolute atomic E-state index is 0.415. The molecule has 0 spiro atoms. The summed E-state index contributed by atoms with van der Waals surface area (Å²) in [5.41, 5.74) is -0.513. The molecule has 0 aliphatic rings. The minimum Gasteiger partial charge on any atom is -0.352 e. The van der Waals surface area contributed by atoms with Crippen LogP contribution < -0.4 is 5.32 Å². The molecule has 1 amide bonds. The second-order valence-electron chi connectivity index (χ2n) is 3.25. The third kappa shape index (κ3) is 3.56. The number of unbranched alkanes of at least 4 members (excludes halogenated alkanes) is 1. The first-order chi connectivity index (χ1) is 7.66. The van der Waals surface area contributed by atoms with E-state index in [1.54, 1.807) is 0 Å². The maximum absolute atomic E-state index is 13.2. The van der Waals surface area contributed by atoms with Crippen molar-refractivity contribution in [2.75, 3.05) is 11.9 Å². The summed E-state index contributed by atoms with van der Waals surface area (Å²) in [5, 5.41) is 3.32. The van der Waals surface area contributed by atoms with Crippen molar-refractivity contribution in [1.82, 2.24) is 5.32 Å². The van der Waals surface area contributed by atoms with Gasteiger partial charge in [-0.3, -0.25) is 4.79 Å². The molecule has 0 radical (unpaired) electrons. The van der Waals surface area contributed by atoms with Gasteiger partial charge in [0.1, 0.15) is 17.2 Å². The number of hydrogen-bond acceptors (Lipinski definition) is 1. The Balaban J connectivity index is 2.59. The van der Waals surface area contributed by atoms with Gasteiger partial charge in [0.15, 0.2) is 0 Å². The van der Waals surface area contributed by atoms with E-state index in [1.165, 1.54) is 6.07 Å². The van der Waals surface area contributed by atoms with Crippen LogP contribution in [-0.4, -0.2) is 17.8 Å². The van der Waals surface area contributed by atoms with Gasteiger partial charge in [0, 0.05) is 11.9 Å². The number of nitrogens with one attached hydrogen (secondary N) is 1. The minimum atomic E-state index is -0.835. The van der Waals surface area contributed by atoms with Crippen molar-refractivity contribution >= 4 is 21.8 Å².